The number of hydrogen-bond acceptors (Lipinski definition) is 1. The number of allylic oxidation sites excluding steroid dienone is 3. The first-order valence-corrected chi connectivity index (χ1v) is 7.12. The first-order chi connectivity index (χ1) is 10.1. The molecule has 21 heavy (non-hydrogen) atoms. The van der Waals surface area contributed by atoms with Crippen molar-refractivity contribution in [3.05, 3.63) is 83.4 Å². The summed E-state index contributed by atoms with van der Waals surface area (Å²) in [7, 11) is 0. The summed E-state index contributed by atoms with van der Waals surface area (Å²) in [5, 5.41) is 9.27. The fourth-order valence-corrected chi connectivity index (χ4v) is 2.68. The molecule has 1 heteroatoms. The van der Waals surface area contributed by atoms with E-state index in [1.54, 1.807) is 0 Å². The molecule has 0 bridgehead atoms. The molecule has 3 rings (SSSR count). The van der Waals surface area contributed by atoms with Crippen LogP contribution in [0.5, 0.6) is 0 Å². The Labute approximate surface area is 125 Å². The number of benzene rings is 2. The molecule has 2 aromatic carbocycles. The standard InChI is InChI=1S/C20H17N/c1-20(2,14-21)13-16-12-19(15-8-4-3-5-9-15)18-11-7-6-10-17(16)18/h3-13H,1-2H3/b16-13+. The summed E-state index contributed by atoms with van der Waals surface area (Å²) in [6, 6.07) is 21.1. The minimum Gasteiger partial charge on any atom is -0.197 e. The van der Waals surface area contributed by atoms with E-state index in [4.69, 9.17) is 0 Å². The number of rotatable bonds is 2. The van der Waals surface area contributed by atoms with Gasteiger partial charge in [-0.1, -0.05) is 60.7 Å². The molecular weight excluding hydrogens is 254 g/mol. The molecule has 0 aromatic heterocycles. The Balaban J connectivity index is 2.17. The molecule has 0 saturated carbocycles. The van der Waals surface area contributed by atoms with Gasteiger partial charge in [0.05, 0.1) is 11.5 Å². The maximum atomic E-state index is 9.27. The van der Waals surface area contributed by atoms with E-state index in [2.05, 4.69) is 60.7 Å². The minimum absolute atomic E-state index is 0.467. The van der Waals surface area contributed by atoms with Crippen molar-refractivity contribution >= 4 is 11.1 Å². The Morgan fingerprint density at radius 3 is 2.19 bits per heavy atom. The molecule has 0 spiro atoms. The zero-order valence-corrected chi connectivity index (χ0v) is 12.3. The van der Waals surface area contributed by atoms with Gasteiger partial charge >= 0.3 is 0 Å². The monoisotopic (exact) mass is 271 g/mol. The average Bonchev–Trinajstić information content (AvgIpc) is 2.87. The predicted octanol–water partition coefficient (Wildman–Crippen LogP) is 5.07. The van der Waals surface area contributed by atoms with Crippen molar-refractivity contribution in [1.29, 1.82) is 5.26 Å². The van der Waals surface area contributed by atoms with E-state index in [0.717, 1.165) is 5.57 Å². The van der Waals surface area contributed by atoms with Crippen LogP contribution in [0.4, 0.5) is 0 Å². The zero-order chi connectivity index (χ0) is 14.9. The third kappa shape index (κ3) is 2.53. The molecule has 102 valence electrons. The number of nitrogens with zero attached hydrogens (tertiary/aromatic N) is 1. The van der Waals surface area contributed by atoms with Crippen LogP contribution in [0.25, 0.3) is 11.1 Å². The molecule has 0 aliphatic heterocycles. The SMILES string of the molecule is CC(C)(C#N)/C=C1\C=C(c2ccccc2)c2ccccc21. The second-order valence-corrected chi connectivity index (χ2v) is 5.90. The highest BCUT2D eigenvalue weighted by atomic mass is 14.3. The van der Waals surface area contributed by atoms with Gasteiger partial charge in [0.1, 0.15) is 0 Å². The predicted molar refractivity (Wildman–Crippen MR) is 87.3 cm³/mol. The fraction of sp³-hybridized carbons (Fsp3) is 0.150. The van der Waals surface area contributed by atoms with E-state index in [0.29, 0.717) is 0 Å². The number of nitriles is 1. The Kier molecular flexibility index (Phi) is 3.23. The van der Waals surface area contributed by atoms with Gasteiger partial charge < -0.3 is 0 Å². The minimum atomic E-state index is -0.467. The molecule has 0 saturated heterocycles. The summed E-state index contributed by atoms with van der Waals surface area (Å²) in [5.41, 5.74) is 5.55. The van der Waals surface area contributed by atoms with E-state index in [1.807, 2.05) is 26.0 Å². The van der Waals surface area contributed by atoms with Crippen molar-refractivity contribution in [2.75, 3.05) is 0 Å². The van der Waals surface area contributed by atoms with Crippen molar-refractivity contribution in [2.45, 2.75) is 13.8 Å². The lowest BCUT2D eigenvalue weighted by atomic mass is 9.91. The van der Waals surface area contributed by atoms with Crippen LogP contribution in [-0.2, 0) is 0 Å². The quantitative estimate of drug-likeness (QED) is 0.748. The molecule has 1 aliphatic carbocycles. The Bertz CT molecular complexity index is 771. The summed E-state index contributed by atoms with van der Waals surface area (Å²) < 4.78 is 0. The van der Waals surface area contributed by atoms with E-state index in [-0.39, 0.29) is 0 Å². The highest BCUT2D eigenvalue weighted by Crippen LogP contribution is 2.40. The van der Waals surface area contributed by atoms with Crippen molar-refractivity contribution < 1.29 is 0 Å². The Morgan fingerprint density at radius 2 is 1.52 bits per heavy atom. The van der Waals surface area contributed by atoms with Gasteiger partial charge in [0.25, 0.3) is 0 Å². The molecule has 0 fully saturated rings. The van der Waals surface area contributed by atoms with Gasteiger partial charge in [-0.05, 0) is 47.8 Å². The Morgan fingerprint density at radius 1 is 0.905 bits per heavy atom. The lowest BCUT2D eigenvalue weighted by molar-refractivity contribution is 0.646. The average molecular weight is 271 g/mol. The first-order valence-electron chi connectivity index (χ1n) is 7.12. The highest BCUT2D eigenvalue weighted by molar-refractivity contribution is 6.01. The van der Waals surface area contributed by atoms with Gasteiger partial charge in [-0.15, -0.1) is 0 Å². The zero-order valence-electron chi connectivity index (χ0n) is 12.3. The molecule has 0 N–H and O–H groups in total. The smallest absolute Gasteiger partial charge is 0.0726 e. The first kappa shape index (κ1) is 13.4. The van der Waals surface area contributed by atoms with Crippen LogP contribution in [0.3, 0.4) is 0 Å². The fourth-order valence-electron chi connectivity index (χ4n) is 2.68. The molecule has 0 atom stereocenters. The van der Waals surface area contributed by atoms with Crippen molar-refractivity contribution in [3.8, 4) is 6.07 Å². The van der Waals surface area contributed by atoms with Gasteiger partial charge in [0.2, 0.25) is 0 Å². The Hall–Kier alpha value is -2.59. The molecule has 1 nitrogen and oxygen atoms in total. The van der Waals surface area contributed by atoms with Crippen LogP contribution in [-0.4, -0.2) is 0 Å². The maximum Gasteiger partial charge on any atom is 0.0726 e. The topological polar surface area (TPSA) is 23.8 Å². The third-order valence-electron chi connectivity index (χ3n) is 3.72. The lowest BCUT2D eigenvalue weighted by Crippen LogP contribution is -2.03. The van der Waals surface area contributed by atoms with Crippen molar-refractivity contribution in [2.24, 2.45) is 5.41 Å². The van der Waals surface area contributed by atoms with Crippen LogP contribution < -0.4 is 0 Å². The van der Waals surface area contributed by atoms with E-state index in [9.17, 15) is 5.26 Å². The molecule has 0 unspecified atom stereocenters. The van der Waals surface area contributed by atoms with Gasteiger partial charge in [0.15, 0.2) is 0 Å². The van der Waals surface area contributed by atoms with Crippen LogP contribution >= 0.6 is 0 Å². The van der Waals surface area contributed by atoms with Crippen LogP contribution in [0.1, 0.15) is 30.5 Å². The lowest BCUT2D eigenvalue weighted by Gasteiger charge is -2.10. The number of fused-ring (bicyclic) bond motifs is 1. The van der Waals surface area contributed by atoms with E-state index >= 15 is 0 Å². The van der Waals surface area contributed by atoms with Gasteiger partial charge in [-0.25, -0.2) is 0 Å². The normalized spacial score (nSPS) is 15.5. The summed E-state index contributed by atoms with van der Waals surface area (Å²) in [5.74, 6) is 0. The molecular formula is C20H17N. The van der Waals surface area contributed by atoms with Crippen molar-refractivity contribution in [3.63, 3.8) is 0 Å². The third-order valence-corrected chi connectivity index (χ3v) is 3.72. The highest BCUT2D eigenvalue weighted by Gasteiger charge is 2.22. The van der Waals surface area contributed by atoms with E-state index in [1.165, 1.54) is 22.3 Å². The molecule has 2 aromatic rings. The van der Waals surface area contributed by atoms with Crippen molar-refractivity contribution in [1.82, 2.24) is 0 Å². The second kappa shape index (κ2) is 5.07. The van der Waals surface area contributed by atoms with Gasteiger partial charge in [-0.3, -0.25) is 0 Å². The van der Waals surface area contributed by atoms with Gasteiger partial charge in [-0.2, -0.15) is 5.26 Å². The second-order valence-electron chi connectivity index (χ2n) is 5.90. The van der Waals surface area contributed by atoms with Gasteiger partial charge in [0, 0.05) is 0 Å². The summed E-state index contributed by atoms with van der Waals surface area (Å²) in [6.07, 6.45) is 4.25. The molecule has 0 heterocycles. The van der Waals surface area contributed by atoms with E-state index < -0.39 is 5.41 Å². The maximum absolute atomic E-state index is 9.27. The summed E-state index contributed by atoms with van der Waals surface area (Å²) in [6.45, 7) is 3.88. The van der Waals surface area contributed by atoms with Crippen LogP contribution in [0, 0.1) is 16.7 Å². The summed E-state index contributed by atoms with van der Waals surface area (Å²) >= 11 is 0. The largest absolute Gasteiger partial charge is 0.197 e. The van der Waals surface area contributed by atoms with Crippen LogP contribution in [0.15, 0.2) is 66.7 Å². The molecule has 0 radical (unpaired) electrons. The summed E-state index contributed by atoms with van der Waals surface area (Å²) in [4.78, 5) is 0. The number of hydrogen-bond donors (Lipinski definition) is 0. The molecule has 1 aliphatic rings. The van der Waals surface area contributed by atoms with Crippen LogP contribution in [0.2, 0.25) is 0 Å². The molecule has 0 amide bonds.